The number of aromatic nitrogens is 3. The molecule has 0 spiro atoms. The maximum absolute atomic E-state index is 12.3. The van der Waals surface area contributed by atoms with Crippen molar-refractivity contribution in [3.8, 4) is 28.8 Å². The quantitative estimate of drug-likeness (QED) is 0.236. The van der Waals surface area contributed by atoms with E-state index in [2.05, 4.69) is 9.97 Å². The lowest BCUT2D eigenvalue weighted by molar-refractivity contribution is 0.0526. The smallest absolute Gasteiger partial charge is 0.338 e. The molecule has 38 heavy (non-hydrogen) atoms. The number of aromatic hydroxyl groups is 1. The molecule has 6 rings (SSSR count). The molecule has 0 saturated carbocycles. The highest BCUT2D eigenvalue weighted by atomic mass is 16.7. The molecule has 9 heteroatoms. The Balaban J connectivity index is 1.48. The number of nitrogens with one attached hydrogen (secondary N) is 1. The van der Waals surface area contributed by atoms with Crippen LogP contribution in [-0.2, 0) is 11.8 Å². The average molecular weight is 509 g/mol. The topological polar surface area (TPSA) is 111 Å². The van der Waals surface area contributed by atoms with Crippen LogP contribution in [0.3, 0.4) is 0 Å². The SMILES string of the molecule is CCOC(=O)c1ccc2c(C(=Nc3ccc(-c4nccn4C)cc3)c3ccc4c(c3)OCO4)c(O)[nH]c2c1. The molecule has 1 aliphatic heterocycles. The van der Waals surface area contributed by atoms with Crippen LogP contribution < -0.4 is 9.47 Å². The summed E-state index contributed by atoms with van der Waals surface area (Å²) in [7, 11) is 1.94. The van der Waals surface area contributed by atoms with Gasteiger partial charge in [0.15, 0.2) is 17.4 Å². The predicted molar refractivity (Wildman–Crippen MR) is 142 cm³/mol. The Bertz CT molecular complexity index is 1700. The number of aliphatic imine (C=N–C) groups is 1. The van der Waals surface area contributed by atoms with Crippen LogP contribution in [0.15, 0.2) is 78.0 Å². The van der Waals surface area contributed by atoms with E-state index in [1.165, 1.54) is 0 Å². The third-order valence-corrected chi connectivity index (χ3v) is 6.36. The summed E-state index contributed by atoms with van der Waals surface area (Å²) < 4.78 is 18.2. The van der Waals surface area contributed by atoms with Crippen LogP contribution in [0, 0.1) is 0 Å². The summed E-state index contributed by atoms with van der Waals surface area (Å²) >= 11 is 0. The first kappa shape index (κ1) is 23.4. The molecule has 0 atom stereocenters. The molecule has 1 aliphatic rings. The Labute approximate surface area is 218 Å². The van der Waals surface area contributed by atoms with E-state index in [0.717, 1.165) is 17.0 Å². The van der Waals surface area contributed by atoms with E-state index in [4.69, 9.17) is 19.2 Å². The summed E-state index contributed by atoms with van der Waals surface area (Å²) in [4.78, 5) is 24.6. The molecule has 3 heterocycles. The lowest BCUT2D eigenvalue weighted by Gasteiger charge is -2.10. The lowest BCUT2D eigenvalue weighted by Crippen LogP contribution is -2.05. The van der Waals surface area contributed by atoms with E-state index in [-0.39, 0.29) is 19.3 Å². The van der Waals surface area contributed by atoms with Crippen molar-refractivity contribution < 1.29 is 24.1 Å². The number of fused-ring (bicyclic) bond motifs is 2. The minimum absolute atomic E-state index is 0.0675. The fourth-order valence-corrected chi connectivity index (χ4v) is 4.53. The number of hydrogen-bond acceptors (Lipinski definition) is 7. The zero-order valence-corrected chi connectivity index (χ0v) is 20.8. The molecule has 0 bridgehead atoms. The van der Waals surface area contributed by atoms with E-state index < -0.39 is 5.97 Å². The number of carbonyl (C=O) groups excluding carboxylic acids is 1. The standard InChI is InChI=1S/C29H24N4O5/c1-3-36-29(35)19-6-10-21-22(14-19)32-28(34)25(21)26(18-7-11-23-24(15-18)38-16-37-23)31-20-8-4-17(5-9-20)27-30-12-13-33(27)2/h4-15,32,34H,3,16H2,1-2H3. The largest absolute Gasteiger partial charge is 0.494 e. The van der Waals surface area contributed by atoms with Gasteiger partial charge in [0.1, 0.15) is 5.82 Å². The molecule has 0 aliphatic carbocycles. The number of rotatable bonds is 6. The van der Waals surface area contributed by atoms with Crippen molar-refractivity contribution in [2.45, 2.75) is 6.92 Å². The Kier molecular flexibility index (Phi) is 5.80. The number of hydrogen-bond donors (Lipinski definition) is 2. The number of aromatic amines is 1. The zero-order chi connectivity index (χ0) is 26.2. The summed E-state index contributed by atoms with van der Waals surface area (Å²) in [6.07, 6.45) is 3.65. The first-order chi connectivity index (χ1) is 18.5. The molecule has 0 amide bonds. The molecule has 0 unspecified atom stereocenters. The molecule has 190 valence electrons. The van der Waals surface area contributed by atoms with Crippen molar-refractivity contribution in [1.82, 2.24) is 14.5 Å². The summed E-state index contributed by atoms with van der Waals surface area (Å²) in [6.45, 7) is 2.18. The van der Waals surface area contributed by atoms with Gasteiger partial charge in [-0.3, -0.25) is 0 Å². The average Bonchev–Trinajstić information content (AvgIpc) is 3.65. The molecular formula is C29H24N4O5. The van der Waals surface area contributed by atoms with Gasteiger partial charge in [0.05, 0.1) is 29.1 Å². The van der Waals surface area contributed by atoms with Crippen LogP contribution in [0.1, 0.15) is 28.4 Å². The number of nitrogens with zero attached hydrogens (tertiary/aromatic N) is 3. The van der Waals surface area contributed by atoms with Gasteiger partial charge >= 0.3 is 5.97 Å². The molecule has 0 fully saturated rings. The maximum Gasteiger partial charge on any atom is 0.338 e. The number of esters is 1. The number of ether oxygens (including phenoxy) is 3. The Morgan fingerprint density at radius 2 is 1.87 bits per heavy atom. The van der Waals surface area contributed by atoms with Gasteiger partial charge in [-0.2, -0.15) is 0 Å². The second kappa shape index (κ2) is 9.44. The van der Waals surface area contributed by atoms with Crippen molar-refractivity contribution in [3.05, 3.63) is 89.7 Å². The number of imidazole rings is 1. The van der Waals surface area contributed by atoms with Gasteiger partial charge in [-0.25, -0.2) is 14.8 Å². The van der Waals surface area contributed by atoms with Crippen molar-refractivity contribution in [2.24, 2.45) is 12.0 Å². The summed E-state index contributed by atoms with van der Waals surface area (Å²) in [5, 5.41) is 11.8. The number of carbonyl (C=O) groups is 1. The van der Waals surface area contributed by atoms with Crippen LogP contribution in [0.25, 0.3) is 22.3 Å². The van der Waals surface area contributed by atoms with E-state index in [0.29, 0.717) is 44.9 Å². The van der Waals surface area contributed by atoms with Gasteiger partial charge in [-0.15, -0.1) is 0 Å². The van der Waals surface area contributed by atoms with Crippen LogP contribution in [-0.4, -0.2) is 44.7 Å². The highest BCUT2D eigenvalue weighted by Gasteiger charge is 2.22. The van der Waals surface area contributed by atoms with Crippen molar-refractivity contribution in [1.29, 1.82) is 0 Å². The minimum Gasteiger partial charge on any atom is -0.494 e. The molecule has 3 aromatic carbocycles. The second-order valence-corrected chi connectivity index (χ2v) is 8.77. The first-order valence-electron chi connectivity index (χ1n) is 12.1. The van der Waals surface area contributed by atoms with Gasteiger partial charge < -0.3 is 28.9 Å². The Hall–Kier alpha value is -5.05. The fraction of sp³-hybridized carbons (Fsp3) is 0.138. The molecular weight excluding hydrogens is 484 g/mol. The fourth-order valence-electron chi connectivity index (χ4n) is 4.53. The van der Waals surface area contributed by atoms with Crippen molar-refractivity contribution in [3.63, 3.8) is 0 Å². The predicted octanol–water partition coefficient (Wildman–Crippen LogP) is 5.35. The maximum atomic E-state index is 12.3. The number of aryl methyl sites for hydroxylation is 1. The number of benzene rings is 3. The van der Waals surface area contributed by atoms with Gasteiger partial charge in [-0.1, -0.05) is 6.07 Å². The summed E-state index contributed by atoms with van der Waals surface area (Å²) in [5.74, 6) is 1.60. The van der Waals surface area contributed by atoms with Gasteiger partial charge in [-0.05, 0) is 61.5 Å². The number of H-pyrrole nitrogens is 1. The third kappa shape index (κ3) is 4.13. The van der Waals surface area contributed by atoms with Gasteiger partial charge in [0.25, 0.3) is 0 Å². The molecule has 9 nitrogen and oxygen atoms in total. The zero-order valence-electron chi connectivity index (χ0n) is 20.8. The van der Waals surface area contributed by atoms with Gasteiger partial charge in [0.2, 0.25) is 6.79 Å². The monoisotopic (exact) mass is 508 g/mol. The highest BCUT2D eigenvalue weighted by Crippen LogP contribution is 2.37. The van der Waals surface area contributed by atoms with E-state index in [1.807, 2.05) is 60.3 Å². The normalized spacial score (nSPS) is 12.7. The second-order valence-electron chi connectivity index (χ2n) is 8.77. The van der Waals surface area contributed by atoms with E-state index >= 15 is 0 Å². The molecule has 0 saturated heterocycles. The molecule has 2 N–H and O–H groups in total. The third-order valence-electron chi connectivity index (χ3n) is 6.36. The van der Waals surface area contributed by atoms with Crippen LogP contribution in [0.2, 0.25) is 0 Å². The Morgan fingerprint density at radius 3 is 2.63 bits per heavy atom. The van der Waals surface area contributed by atoms with E-state index in [9.17, 15) is 9.90 Å². The Morgan fingerprint density at radius 1 is 1.08 bits per heavy atom. The van der Waals surface area contributed by atoms with Crippen molar-refractivity contribution >= 4 is 28.3 Å². The lowest BCUT2D eigenvalue weighted by atomic mass is 9.99. The molecule has 0 radical (unpaired) electrons. The van der Waals surface area contributed by atoms with Gasteiger partial charge in [0, 0.05) is 41.5 Å². The molecule has 5 aromatic rings. The molecule has 2 aromatic heterocycles. The van der Waals surface area contributed by atoms with Crippen LogP contribution in [0.5, 0.6) is 17.4 Å². The highest BCUT2D eigenvalue weighted by molar-refractivity contribution is 6.22. The van der Waals surface area contributed by atoms with Crippen LogP contribution >= 0.6 is 0 Å². The first-order valence-corrected chi connectivity index (χ1v) is 12.1. The van der Waals surface area contributed by atoms with E-state index in [1.54, 1.807) is 31.3 Å². The minimum atomic E-state index is -0.428. The summed E-state index contributed by atoms with van der Waals surface area (Å²) in [5.41, 5.74) is 4.38. The summed E-state index contributed by atoms with van der Waals surface area (Å²) in [6, 6.07) is 18.4. The van der Waals surface area contributed by atoms with Crippen molar-refractivity contribution in [2.75, 3.05) is 13.4 Å². The van der Waals surface area contributed by atoms with Crippen LogP contribution in [0.4, 0.5) is 5.69 Å².